The SMILES string of the molecule is CC/C(=C(\c1ccc(O)cc1)c1ccc(N2CCC(CCN3CCN(c4ccc5c(c4)C(=O)N(C4CCC(=O)NC4=O)C5=O)CC3)CC2)cc1)c1ccccc1. The summed E-state index contributed by atoms with van der Waals surface area (Å²) in [6, 6.07) is 31.5. The van der Waals surface area contributed by atoms with Crippen molar-refractivity contribution < 1.29 is 24.3 Å². The molecule has 4 amide bonds. The van der Waals surface area contributed by atoms with Crippen LogP contribution in [-0.2, 0) is 9.59 Å². The van der Waals surface area contributed by atoms with Crippen LogP contribution in [-0.4, -0.2) is 90.4 Å². The number of rotatable bonds is 10. The standard InChI is InChI=1S/C46H49N5O5/c1-2-38(32-6-4-3-5-7-32)43(34-10-15-37(52)16-11-34)33-8-12-35(13-9-33)49-24-21-31(22-25-49)20-23-48-26-28-50(29-27-48)36-14-17-39-40(30-36)46(56)51(45(39)55)41-18-19-42(53)47-44(41)54/h3-17,30-31,41,52H,2,18-29H2,1H3,(H,47,53,54)/b43-38+. The van der Waals surface area contributed by atoms with Crippen molar-refractivity contribution in [2.45, 2.75) is 51.5 Å². The number of phenolic OH excluding ortho intramolecular Hbond substituents is 1. The number of piperazine rings is 1. The van der Waals surface area contributed by atoms with Crippen molar-refractivity contribution in [2.24, 2.45) is 5.92 Å². The van der Waals surface area contributed by atoms with E-state index in [-0.39, 0.29) is 24.5 Å². The van der Waals surface area contributed by atoms with Crippen LogP contribution in [0.1, 0.15) is 82.9 Å². The lowest BCUT2D eigenvalue weighted by atomic mass is 9.88. The molecule has 0 bridgehead atoms. The molecule has 3 saturated heterocycles. The van der Waals surface area contributed by atoms with Crippen molar-refractivity contribution in [2.75, 3.05) is 55.6 Å². The second-order valence-corrected chi connectivity index (χ2v) is 15.4. The number of amides is 4. The van der Waals surface area contributed by atoms with Crippen molar-refractivity contribution in [3.63, 3.8) is 0 Å². The van der Waals surface area contributed by atoms with Gasteiger partial charge in [0.1, 0.15) is 11.8 Å². The fourth-order valence-corrected chi connectivity index (χ4v) is 8.88. The summed E-state index contributed by atoms with van der Waals surface area (Å²) >= 11 is 0. The molecule has 0 saturated carbocycles. The van der Waals surface area contributed by atoms with Crippen LogP contribution >= 0.6 is 0 Å². The van der Waals surface area contributed by atoms with Gasteiger partial charge in [-0.25, -0.2) is 0 Å². The highest BCUT2D eigenvalue weighted by Crippen LogP contribution is 2.37. The smallest absolute Gasteiger partial charge is 0.262 e. The first-order valence-electron chi connectivity index (χ1n) is 20.0. The predicted molar refractivity (Wildman–Crippen MR) is 219 cm³/mol. The number of phenols is 1. The maximum atomic E-state index is 13.3. The number of nitrogens with zero attached hydrogens (tertiary/aromatic N) is 4. The van der Waals surface area contributed by atoms with Gasteiger partial charge in [0.15, 0.2) is 0 Å². The Morgan fingerprint density at radius 1 is 0.679 bits per heavy atom. The number of carbonyl (C=O) groups is 4. The van der Waals surface area contributed by atoms with Crippen LogP contribution in [0.4, 0.5) is 11.4 Å². The number of benzene rings is 4. The molecule has 4 aliphatic rings. The minimum absolute atomic E-state index is 0.104. The zero-order valence-electron chi connectivity index (χ0n) is 32.0. The average molecular weight is 752 g/mol. The molecule has 1 atom stereocenters. The highest BCUT2D eigenvalue weighted by atomic mass is 16.3. The molecule has 288 valence electrons. The van der Waals surface area contributed by atoms with Crippen LogP contribution in [0.3, 0.4) is 0 Å². The Labute approximate surface area is 328 Å². The molecular weight excluding hydrogens is 703 g/mol. The van der Waals surface area contributed by atoms with Gasteiger partial charge in [-0.05, 0) is 115 Å². The number of allylic oxidation sites excluding steroid dienone is 1. The monoisotopic (exact) mass is 751 g/mol. The number of anilines is 2. The third-order valence-corrected chi connectivity index (χ3v) is 12.1. The molecule has 2 N–H and O–H groups in total. The topological polar surface area (TPSA) is 114 Å². The first-order valence-corrected chi connectivity index (χ1v) is 20.0. The van der Waals surface area contributed by atoms with Crippen molar-refractivity contribution in [3.8, 4) is 5.75 Å². The number of fused-ring (bicyclic) bond motifs is 1. The molecule has 4 aromatic rings. The van der Waals surface area contributed by atoms with E-state index < -0.39 is 23.8 Å². The first kappa shape index (κ1) is 37.2. The average Bonchev–Trinajstić information content (AvgIpc) is 3.48. The van der Waals surface area contributed by atoms with Gasteiger partial charge >= 0.3 is 0 Å². The Balaban J connectivity index is 0.833. The zero-order valence-corrected chi connectivity index (χ0v) is 32.0. The Morgan fingerprint density at radius 2 is 1.30 bits per heavy atom. The van der Waals surface area contributed by atoms with Gasteiger partial charge in [0.25, 0.3) is 11.8 Å². The molecule has 0 radical (unpaired) electrons. The number of nitrogens with one attached hydrogen (secondary N) is 1. The van der Waals surface area contributed by atoms with Crippen molar-refractivity contribution in [1.82, 2.24) is 15.1 Å². The summed E-state index contributed by atoms with van der Waals surface area (Å²) < 4.78 is 0. The fourth-order valence-electron chi connectivity index (χ4n) is 8.88. The quantitative estimate of drug-likeness (QED) is 0.138. The van der Waals surface area contributed by atoms with Crippen molar-refractivity contribution >= 4 is 46.1 Å². The van der Waals surface area contributed by atoms with E-state index in [4.69, 9.17) is 0 Å². The molecule has 4 aliphatic heterocycles. The second kappa shape index (κ2) is 16.2. The molecular formula is C46H49N5O5. The molecule has 10 heteroatoms. The minimum Gasteiger partial charge on any atom is -0.508 e. The first-order chi connectivity index (χ1) is 27.3. The molecule has 56 heavy (non-hydrogen) atoms. The molecule has 0 aromatic heterocycles. The molecule has 0 spiro atoms. The van der Waals surface area contributed by atoms with E-state index in [1.165, 1.54) is 47.2 Å². The summed E-state index contributed by atoms with van der Waals surface area (Å²) in [6.45, 7) is 8.89. The van der Waals surface area contributed by atoms with Crippen LogP contribution in [0, 0.1) is 5.92 Å². The van der Waals surface area contributed by atoms with Gasteiger partial charge in [-0.15, -0.1) is 0 Å². The van der Waals surface area contributed by atoms with Gasteiger partial charge in [-0.1, -0.05) is 61.5 Å². The largest absolute Gasteiger partial charge is 0.508 e. The van der Waals surface area contributed by atoms with Gasteiger partial charge in [0.05, 0.1) is 11.1 Å². The third-order valence-electron chi connectivity index (χ3n) is 12.1. The molecule has 8 rings (SSSR count). The van der Waals surface area contributed by atoms with Crippen LogP contribution in [0.15, 0.2) is 97.1 Å². The number of aromatic hydroxyl groups is 1. The van der Waals surface area contributed by atoms with Crippen molar-refractivity contribution in [1.29, 1.82) is 0 Å². The molecule has 4 heterocycles. The molecule has 4 aromatic carbocycles. The third kappa shape index (κ3) is 7.58. The summed E-state index contributed by atoms with van der Waals surface area (Å²) in [5.41, 5.74) is 8.76. The lowest BCUT2D eigenvalue weighted by Gasteiger charge is -2.38. The van der Waals surface area contributed by atoms with E-state index in [1.807, 2.05) is 24.3 Å². The Bertz CT molecular complexity index is 2130. The zero-order chi connectivity index (χ0) is 38.8. The number of imide groups is 2. The Kier molecular flexibility index (Phi) is 10.7. The van der Waals surface area contributed by atoms with E-state index in [2.05, 4.69) is 75.5 Å². The van der Waals surface area contributed by atoms with E-state index >= 15 is 0 Å². The normalized spacial score (nSPS) is 19.9. The highest BCUT2D eigenvalue weighted by Gasteiger charge is 2.44. The molecule has 0 aliphatic carbocycles. The lowest BCUT2D eigenvalue weighted by molar-refractivity contribution is -0.136. The summed E-state index contributed by atoms with van der Waals surface area (Å²) in [5.74, 6) is -0.960. The van der Waals surface area contributed by atoms with Crippen LogP contribution in [0.25, 0.3) is 11.1 Å². The van der Waals surface area contributed by atoms with Gasteiger partial charge < -0.3 is 14.9 Å². The van der Waals surface area contributed by atoms with E-state index in [0.29, 0.717) is 17.0 Å². The van der Waals surface area contributed by atoms with E-state index in [0.717, 1.165) is 68.4 Å². The minimum atomic E-state index is -0.958. The summed E-state index contributed by atoms with van der Waals surface area (Å²) in [7, 11) is 0. The van der Waals surface area contributed by atoms with Crippen LogP contribution < -0.4 is 15.1 Å². The van der Waals surface area contributed by atoms with Crippen LogP contribution in [0.5, 0.6) is 5.75 Å². The Hall–Kier alpha value is -5.74. The maximum absolute atomic E-state index is 13.3. The predicted octanol–water partition coefficient (Wildman–Crippen LogP) is 6.59. The van der Waals surface area contributed by atoms with Crippen LogP contribution in [0.2, 0.25) is 0 Å². The summed E-state index contributed by atoms with van der Waals surface area (Å²) in [5, 5.41) is 12.2. The summed E-state index contributed by atoms with van der Waals surface area (Å²) in [4.78, 5) is 58.9. The van der Waals surface area contributed by atoms with E-state index in [1.54, 1.807) is 24.3 Å². The van der Waals surface area contributed by atoms with Crippen molar-refractivity contribution in [3.05, 3.63) is 125 Å². The van der Waals surface area contributed by atoms with E-state index in [9.17, 15) is 24.3 Å². The number of hydrogen-bond acceptors (Lipinski definition) is 8. The molecule has 1 unspecified atom stereocenters. The van der Waals surface area contributed by atoms with Gasteiger partial charge in [-0.2, -0.15) is 0 Å². The summed E-state index contributed by atoms with van der Waals surface area (Å²) in [6.07, 6.45) is 4.67. The number of hydrogen-bond donors (Lipinski definition) is 2. The molecule has 3 fully saturated rings. The Morgan fingerprint density at radius 3 is 1.96 bits per heavy atom. The second-order valence-electron chi connectivity index (χ2n) is 15.4. The number of piperidine rings is 2. The lowest BCUT2D eigenvalue weighted by Crippen LogP contribution is -2.54. The van der Waals surface area contributed by atoms with Gasteiger partial charge in [-0.3, -0.25) is 34.3 Å². The number of carbonyl (C=O) groups excluding carboxylic acids is 4. The molecule has 10 nitrogen and oxygen atoms in total. The maximum Gasteiger partial charge on any atom is 0.262 e. The highest BCUT2D eigenvalue weighted by molar-refractivity contribution is 6.23. The fraction of sp³-hybridized carbons (Fsp3) is 0.348. The van der Waals surface area contributed by atoms with Gasteiger partial charge in [0, 0.05) is 57.1 Å². The van der Waals surface area contributed by atoms with Gasteiger partial charge in [0.2, 0.25) is 11.8 Å².